The normalized spacial score (nSPS) is 11.3. The van der Waals surface area contributed by atoms with Crippen molar-refractivity contribution in [2.75, 3.05) is 6.61 Å². The van der Waals surface area contributed by atoms with E-state index in [1.165, 1.54) is 12.3 Å². The molecule has 0 fully saturated rings. The van der Waals surface area contributed by atoms with Crippen LogP contribution in [0.2, 0.25) is 0 Å². The van der Waals surface area contributed by atoms with Crippen molar-refractivity contribution < 1.29 is 23.5 Å². The number of esters is 1. The van der Waals surface area contributed by atoms with Crippen molar-refractivity contribution in [3.63, 3.8) is 0 Å². The van der Waals surface area contributed by atoms with Gasteiger partial charge in [-0.15, -0.1) is 0 Å². The molecule has 2 rings (SSSR count). The van der Waals surface area contributed by atoms with Gasteiger partial charge in [-0.3, -0.25) is 4.79 Å². The fourth-order valence-electron chi connectivity index (χ4n) is 2.17. The van der Waals surface area contributed by atoms with Crippen LogP contribution in [0.4, 0.5) is 0 Å². The summed E-state index contributed by atoms with van der Waals surface area (Å²) in [7, 11) is 0. The molecule has 0 bridgehead atoms. The van der Waals surface area contributed by atoms with E-state index >= 15 is 0 Å². The Hall–Kier alpha value is -3.02. The molecule has 0 radical (unpaired) electrons. The third-order valence-electron chi connectivity index (χ3n) is 3.52. The lowest BCUT2D eigenvalue weighted by atomic mass is 10.2. The largest absolute Gasteiger partial charge is 0.494 e. The SMILES string of the molecule is CCCCOc1ccc(C(=O)NC(=Cc2ccco2)C(=O)OC(C)C)cc1. The molecule has 0 spiro atoms. The van der Waals surface area contributed by atoms with Gasteiger partial charge >= 0.3 is 5.97 Å². The number of carbonyl (C=O) groups excluding carboxylic acids is 2. The maximum absolute atomic E-state index is 12.5. The lowest BCUT2D eigenvalue weighted by molar-refractivity contribution is -0.142. The van der Waals surface area contributed by atoms with Crippen molar-refractivity contribution in [3.05, 3.63) is 59.7 Å². The number of hydrogen-bond donors (Lipinski definition) is 1. The summed E-state index contributed by atoms with van der Waals surface area (Å²) in [6.45, 7) is 6.21. The van der Waals surface area contributed by atoms with E-state index in [-0.39, 0.29) is 11.8 Å². The molecular formula is C21H25NO5. The maximum Gasteiger partial charge on any atom is 0.355 e. The number of hydrogen-bond acceptors (Lipinski definition) is 5. The number of ether oxygens (including phenoxy) is 2. The zero-order valence-electron chi connectivity index (χ0n) is 15.9. The number of nitrogens with one attached hydrogen (secondary N) is 1. The Labute approximate surface area is 159 Å². The minimum atomic E-state index is -0.630. The fraction of sp³-hybridized carbons (Fsp3) is 0.333. The Bertz CT molecular complexity index is 760. The van der Waals surface area contributed by atoms with Gasteiger partial charge in [0, 0.05) is 11.6 Å². The van der Waals surface area contributed by atoms with Gasteiger partial charge in [0.25, 0.3) is 5.91 Å². The van der Waals surface area contributed by atoms with Crippen molar-refractivity contribution in [2.45, 2.75) is 39.7 Å². The van der Waals surface area contributed by atoms with Crippen LogP contribution in [0, 0.1) is 0 Å². The van der Waals surface area contributed by atoms with E-state index in [0.717, 1.165) is 12.8 Å². The summed E-state index contributed by atoms with van der Waals surface area (Å²) in [5, 5.41) is 2.60. The highest BCUT2D eigenvalue weighted by Crippen LogP contribution is 2.14. The third kappa shape index (κ3) is 6.66. The first-order chi connectivity index (χ1) is 13.0. The van der Waals surface area contributed by atoms with Crippen LogP contribution in [0.5, 0.6) is 5.75 Å². The average molecular weight is 371 g/mol. The molecule has 0 saturated heterocycles. The lowest BCUT2D eigenvalue weighted by Crippen LogP contribution is -2.29. The highest BCUT2D eigenvalue weighted by Gasteiger charge is 2.17. The molecule has 1 amide bonds. The van der Waals surface area contributed by atoms with Crippen molar-refractivity contribution in [1.29, 1.82) is 0 Å². The van der Waals surface area contributed by atoms with Gasteiger partial charge in [-0.2, -0.15) is 0 Å². The number of benzene rings is 1. The van der Waals surface area contributed by atoms with Crippen LogP contribution in [0.3, 0.4) is 0 Å². The van der Waals surface area contributed by atoms with Crippen LogP contribution >= 0.6 is 0 Å². The lowest BCUT2D eigenvalue weighted by Gasteiger charge is -2.12. The Morgan fingerprint density at radius 2 is 1.93 bits per heavy atom. The van der Waals surface area contributed by atoms with Gasteiger partial charge in [0.1, 0.15) is 17.2 Å². The summed E-state index contributed by atoms with van der Waals surface area (Å²) in [5.74, 6) is 0.0825. The average Bonchev–Trinajstić information content (AvgIpc) is 3.14. The summed E-state index contributed by atoms with van der Waals surface area (Å²) in [6.07, 6.45) is 4.63. The minimum Gasteiger partial charge on any atom is -0.494 e. The summed E-state index contributed by atoms with van der Waals surface area (Å²) in [4.78, 5) is 24.8. The standard InChI is InChI=1S/C21H25NO5/c1-4-5-12-25-17-10-8-16(9-11-17)20(23)22-19(21(24)27-15(2)3)14-18-7-6-13-26-18/h6-11,13-15H,4-5,12H2,1-3H3,(H,22,23). The Morgan fingerprint density at radius 1 is 1.19 bits per heavy atom. The second-order valence-electron chi connectivity index (χ2n) is 6.21. The molecule has 6 heteroatoms. The van der Waals surface area contributed by atoms with Crippen molar-refractivity contribution in [1.82, 2.24) is 5.32 Å². The topological polar surface area (TPSA) is 77.8 Å². The molecule has 0 aliphatic rings. The third-order valence-corrected chi connectivity index (χ3v) is 3.52. The van der Waals surface area contributed by atoms with Crippen molar-refractivity contribution in [2.24, 2.45) is 0 Å². The van der Waals surface area contributed by atoms with E-state index < -0.39 is 11.9 Å². The van der Waals surface area contributed by atoms with Gasteiger partial charge in [-0.25, -0.2) is 4.79 Å². The second kappa shape index (κ2) is 10.2. The zero-order chi connectivity index (χ0) is 19.6. The predicted molar refractivity (Wildman–Crippen MR) is 102 cm³/mol. The molecule has 0 unspecified atom stereocenters. The molecule has 27 heavy (non-hydrogen) atoms. The first-order valence-electron chi connectivity index (χ1n) is 9.00. The van der Waals surface area contributed by atoms with E-state index in [9.17, 15) is 9.59 Å². The van der Waals surface area contributed by atoms with Gasteiger partial charge in [0.15, 0.2) is 0 Å². The Kier molecular flexibility index (Phi) is 7.67. The maximum atomic E-state index is 12.5. The monoisotopic (exact) mass is 371 g/mol. The molecule has 1 aromatic carbocycles. The van der Waals surface area contributed by atoms with E-state index in [2.05, 4.69) is 12.2 Å². The van der Waals surface area contributed by atoms with Gasteiger partial charge in [-0.05, 0) is 56.7 Å². The van der Waals surface area contributed by atoms with Gasteiger partial charge < -0.3 is 19.2 Å². The van der Waals surface area contributed by atoms with Crippen molar-refractivity contribution >= 4 is 18.0 Å². The highest BCUT2D eigenvalue weighted by atomic mass is 16.5. The van der Waals surface area contributed by atoms with Crippen LogP contribution in [0.1, 0.15) is 49.7 Å². The first kappa shape index (κ1) is 20.3. The molecular weight excluding hydrogens is 346 g/mol. The van der Waals surface area contributed by atoms with Crippen LogP contribution in [0.25, 0.3) is 6.08 Å². The molecule has 2 aromatic rings. The molecule has 0 aliphatic carbocycles. The van der Waals surface area contributed by atoms with Crippen LogP contribution < -0.4 is 10.1 Å². The molecule has 6 nitrogen and oxygen atoms in total. The van der Waals surface area contributed by atoms with Crippen molar-refractivity contribution in [3.8, 4) is 5.75 Å². The number of carbonyl (C=O) groups is 2. The zero-order valence-corrected chi connectivity index (χ0v) is 15.9. The summed E-state index contributed by atoms with van der Waals surface area (Å²) in [5.41, 5.74) is 0.410. The smallest absolute Gasteiger partial charge is 0.355 e. The molecule has 1 aromatic heterocycles. The van der Waals surface area contributed by atoms with E-state index in [4.69, 9.17) is 13.9 Å². The highest BCUT2D eigenvalue weighted by molar-refractivity contribution is 6.03. The van der Waals surface area contributed by atoms with Crippen LogP contribution in [-0.4, -0.2) is 24.6 Å². The molecule has 0 aliphatic heterocycles. The quantitative estimate of drug-likeness (QED) is 0.406. The molecule has 1 heterocycles. The second-order valence-corrected chi connectivity index (χ2v) is 6.21. The van der Waals surface area contributed by atoms with E-state index in [0.29, 0.717) is 23.7 Å². The molecule has 0 saturated carbocycles. The Balaban J connectivity index is 2.09. The molecule has 144 valence electrons. The number of rotatable bonds is 9. The van der Waals surface area contributed by atoms with E-state index in [1.807, 2.05) is 0 Å². The summed E-state index contributed by atoms with van der Waals surface area (Å²) in [6, 6.07) is 10.1. The van der Waals surface area contributed by atoms with Crippen LogP contribution in [0.15, 0.2) is 52.8 Å². The molecule has 0 atom stereocenters. The van der Waals surface area contributed by atoms with Crippen LogP contribution in [-0.2, 0) is 9.53 Å². The number of amides is 1. The minimum absolute atomic E-state index is 0.00641. The van der Waals surface area contributed by atoms with Gasteiger partial charge in [-0.1, -0.05) is 13.3 Å². The van der Waals surface area contributed by atoms with Gasteiger partial charge in [0.05, 0.1) is 19.0 Å². The fourth-order valence-corrected chi connectivity index (χ4v) is 2.17. The Morgan fingerprint density at radius 3 is 2.52 bits per heavy atom. The number of furan rings is 1. The summed E-state index contributed by atoms with van der Waals surface area (Å²) < 4.78 is 16.0. The number of unbranched alkanes of at least 4 members (excludes halogenated alkanes) is 1. The van der Waals surface area contributed by atoms with E-state index in [1.54, 1.807) is 50.2 Å². The summed E-state index contributed by atoms with van der Waals surface area (Å²) >= 11 is 0. The predicted octanol–water partition coefficient (Wildman–Crippen LogP) is 4.18. The molecule has 1 N–H and O–H groups in total. The van der Waals surface area contributed by atoms with Gasteiger partial charge in [0.2, 0.25) is 0 Å². The first-order valence-corrected chi connectivity index (χ1v) is 9.00.